The van der Waals surface area contributed by atoms with E-state index in [0.29, 0.717) is 18.1 Å². The second-order valence-corrected chi connectivity index (χ2v) is 10.3. The molecule has 88 valence electrons. The molecule has 0 fully saturated rings. The van der Waals surface area contributed by atoms with E-state index in [2.05, 4.69) is 19.6 Å². The number of esters is 1. The molecule has 16 heavy (non-hydrogen) atoms. The Kier molecular flexibility index (Phi) is 2.38. The van der Waals surface area contributed by atoms with Crippen LogP contribution in [0, 0.1) is 0 Å². The van der Waals surface area contributed by atoms with E-state index in [0.717, 1.165) is 10.9 Å². The number of ether oxygens (including phenoxy) is 1. The highest BCUT2D eigenvalue weighted by Crippen LogP contribution is 2.31. The summed E-state index contributed by atoms with van der Waals surface area (Å²) in [6.45, 7) is 6.97. The van der Waals surface area contributed by atoms with Gasteiger partial charge in [0.05, 0.1) is 5.38 Å². The lowest BCUT2D eigenvalue weighted by molar-refractivity contribution is 0.0532. The van der Waals surface area contributed by atoms with Crippen molar-refractivity contribution >= 4 is 25.3 Å². The van der Waals surface area contributed by atoms with Crippen LogP contribution in [0.15, 0.2) is 4.42 Å². The van der Waals surface area contributed by atoms with E-state index in [9.17, 15) is 4.79 Å². The lowest BCUT2D eigenvalue weighted by Gasteiger charge is -2.15. The van der Waals surface area contributed by atoms with Crippen LogP contribution in [-0.2, 0) is 11.3 Å². The number of carbonyl (C=O) groups excluding carboxylic acids is 1. The minimum atomic E-state index is -1.57. The first kappa shape index (κ1) is 11.3. The average molecular weight is 239 g/mol. The van der Waals surface area contributed by atoms with Crippen molar-refractivity contribution in [1.29, 1.82) is 0 Å². The molecule has 1 aliphatic rings. The molecule has 0 atom stereocenters. The minimum Gasteiger partial charge on any atom is -0.457 e. The van der Waals surface area contributed by atoms with Crippen LogP contribution in [-0.4, -0.2) is 28.1 Å². The van der Waals surface area contributed by atoms with Crippen LogP contribution >= 0.6 is 0 Å². The molecule has 4 nitrogen and oxygen atoms in total. The van der Waals surface area contributed by atoms with Gasteiger partial charge in [0.15, 0.2) is 0 Å². The highest BCUT2D eigenvalue weighted by atomic mass is 28.3. The summed E-state index contributed by atoms with van der Waals surface area (Å²) in [5.74, 6) is 0.377. The Labute approximate surface area is 96.2 Å². The predicted octanol–water partition coefficient (Wildman–Crippen LogP) is 1.56. The van der Waals surface area contributed by atoms with Crippen LogP contribution in [0.25, 0.3) is 0 Å². The van der Waals surface area contributed by atoms with Gasteiger partial charge < -0.3 is 14.1 Å². The molecule has 0 radical (unpaired) electrons. The number of nitrogens with zero attached hydrogens (tertiary/aromatic N) is 1. The van der Waals surface area contributed by atoms with Crippen LogP contribution in [0.2, 0.25) is 19.6 Å². The molecule has 1 aliphatic heterocycles. The summed E-state index contributed by atoms with van der Waals surface area (Å²) in [6, 6.07) is 0. The van der Waals surface area contributed by atoms with Crippen LogP contribution in [0.1, 0.15) is 15.9 Å². The van der Waals surface area contributed by atoms with E-state index in [1.165, 1.54) is 0 Å². The first-order chi connectivity index (χ1) is 7.32. The SMILES string of the molecule is CN(C)c1oc([Si](C)(C)C)c2c1C(=O)OC2. The summed E-state index contributed by atoms with van der Waals surface area (Å²) < 4.78 is 11.0. The molecule has 0 saturated heterocycles. The van der Waals surface area contributed by atoms with E-state index in [4.69, 9.17) is 9.15 Å². The molecule has 0 unspecified atom stereocenters. The third kappa shape index (κ3) is 1.55. The van der Waals surface area contributed by atoms with Gasteiger partial charge in [-0.2, -0.15) is 0 Å². The number of hydrogen-bond donors (Lipinski definition) is 0. The largest absolute Gasteiger partial charge is 0.457 e. The zero-order chi connectivity index (χ0) is 12.1. The van der Waals surface area contributed by atoms with Gasteiger partial charge in [-0.1, -0.05) is 19.6 Å². The smallest absolute Gasteiger partial charge is 0.344 e. The monoisotopic (exact) mass is 239 g/mol. The highest BCUT2D eigenvalue weighted by Gasteiger charge is 2.37. The number of rotatable bonds is 2. The van der Waals surface area contributed by atoms with Gasteiger partial charge in [-0.25, -0.2) is 4.79 Å². The van der Waals surface area contributed by atoms with Crippen LogP contribution in [0.4, 0.5) is 5.88 Å². The molecule has 1 aromatic rings. The van der Waals surface area contributed by atoms with Crippen molar-refractivity contribution in [3.05, 3.63) is 11.1 Å². The zero-order valence-electron chi connectivity index (χ0n) is 10.4. The first-order valence-corrected chi connectivity index (χ1v) is 8.83. The lowest BCUT2D eigenvalue weighted by Crippen LogP contribution is -2.38. The predicted molar refractivity (Wildman–Crippen MR) is 65.1 cm³/mol. The molecular weight excluding hydrogens is 222 g/mol. The molecule has 0 aliphatic carbocycles. The third-order valence-corrected chi connectivity index (χ3v) is 4.39. The number of anilines is 1. The summed E-state index contributed by atoms with van der Waals surface area (Å²) in [5, 5.41) is 0.983. The fourth-order valence-electron chi connectivity index (χ4n) is 1.93. The van der Waals surface area contributed by atoms with Crippen LogP contribution in [0.5, 0.6) is 0 Å². The van der Waals surface area contributed by atoms with Crippen molar-refractivity contribution in [2.45, 2.75) is 26.2 Å². The second kappa shape index (κ2) is 3.38. The number of cyclic esters (lactones) is 1. The fraction of sp³-hybridized carbons (Fsp3) is 0.545. The molecule has 0 saturated carbocycles. The lowest BCUT2D eigenvalue weighted by atomic mass is 10.2. The molecule has 2 rings (SSSR count). The first-order valence-electron chi connectivity index (χ1n) is 5.33. The van der Waals surface area contributed by atoms with Crippen molar-refractivity contribution in [1.82, 2.24) is 0 Å². The second-order valence-electron chi connectivity index (χ2n) is 5.31. The molecule has 0 N–H and O–H groups in total. The van der Waals surface area contributed by atoms with Gasteiger partial charge >= 0.3 is 5.97 Å². The van der Waals surface area contributed by atoms with Gasteiger partial charge in [-0.3, -0.25) is 0 Å². The Morgan fingerprint density at radius 3 is 2.38 bits per heavy atom. The van der Waals surface area contributed by atoms with E-state index >= 15 is 0 Å². The van der Waals surface area contributed by atoms with Crippen molar-refractivity contribution in [3.8, 4) is 0 Å². The van der Waals surface area contributed by atoms with Gasteiger partial charge in [0.2, 0.25) is 5.88 Å². The zero-order valence-corrected chi connectivity index (χ0v) is 11.4. The summed E-state index contributed by atoms with van der Waals surface area (Å²) in [4.78, 5) is 13.5. The van der Waals surface area contributed by atoms with Crippen molar-refractivity contribution < 1.29 is 13.9 Å². The quantitative estimate of drug-likeness (QED) is 0.580. The van der Waals surface area contributed by atoms with Gasteiger partial charge in [-0.05, 0) is 0 Å². The number of furan rings is 1. The Morgan fingerprint density at radius 1 is 1.25 bits per heavy atom. The summed E-state index contributed by atoms with van der Waals surface area (Å²) >= 11 is 0. The molecule has 0 bridgehead atoms. The van der Waals surface area contributed by atoms with Gasteiger partial charge in [0.1, 0.15) is 20.2 Å². The van der Waals surface area contributed by atoms with Gasteiger partial charge in [-0.15, -0.1) is 0 Å². The van der Waals surface area contributed by atoms with E-state index in [-0.39, 0.29) is 5.97 Å². The Balaban J connectivity index is 2.64. The highest BCUT2D eigenvalue weighted by molar-refractivity contribution is 6.88. The summed E-state index contributed by atoms with van der Waals surface area (Å²) in [7, 11) is 2.18. The summed E-state index contributed by atoms with van der Waals surface area (Å²) in [5.41, 5.74) is 1.59. The Hall–Kier alpha value is -1.23. The maximum Gasteiger partial charge on any atom is 0.344 e. The molecular formula is C11H17NO3Si. The molecule has 5 heteroatoms. The minimum absolute atomic E-state index is 0.257. The average Bonchev–Trinajstić information content (AvgIpc) is 2.65. The standard InChI is InChI=1S/C11H17NO3Si/c1-12(2)9-8-7(6-14-10(8)13)11(15-9)16(3,4)5/h6H2,1-5H3. The van der Waals surface area contributed by atoms with Gasteiger partial charge in [0.25, 0.3) is 0 Å². The molecule has 0 aromatic carbocycles. The summed E-state index contributed by atoms with van der Waals surface area (Å²) in [6.07, 6.45) is 0. The van der Waals surface area contributed by atoms with Crippen LogP contribution < -0.4 is 10.3 Å². The Morgan fingerprint density at radius 2 is 1.88 bits per heavy atom. The van der Waals surface area contributed by atoms with Gasteiger partial charge in [0, 0.05) is 19.7 Å². The van der Waals surface area contributed by atoms with Crippen molar-refractivity contribution in [2.75, 3.05) is 19.0 Å². The number of fused-ring (bicyclic) bond motifs is 1. The Bertz CT molecular complexity index is 443. The maximum atomic E-state index is 11.6. The van der Waals surface area contributed by atoms with Crippen LogP contribution in [0.3, 0.4) is 0 Å². The third-order valence-electron chi connectivity index (χ3n) is 2.63. The molecule has 2 heterocycles. The topological polar surface area (TPSA) is 42.7 Å². The molecule has 0 amide bonds. The maximum absolute atomic E-state index is 11.6. The molecule has 1 aromatic heterocycles. The number of hydrogen-bond acceptors (Lipinski definition) is 4. The molecule has 0 spiro atoms. The number of carbonyl (C=O) groups is 1. The van der Waals surface area contributed by atoms with Crippen molar-refractivity contribution in [2.24, 2.45) is 0 Å². The van der Waals surface area contributed by atoms with E-state index in [1.807, 2.05) is 19.0 Å². The fourth-order valence-corrected chi connectivity index (χ4v) is 3.44. The van der Waals surface area contributed by atoms with E-state index in [1.54, 1.807) is 0 Å². The van der Waals surface area contributed by atoms with Crippen molar-refractivity contribution in [3.63, 3.8) is 0 Å². The van der Waals surface area contributed by atoms with E-state index < -0.39 is 8.07 Å². The normalized spacial score (nSPS) is 14.9.